The molecule has 0 rings (SSSR count). The number of hydrogen-bond donors (Lipinski definition) is 0. The molecule has 0 unspecified atom stereocenters. The second-order valence-electron chi connectivity index (χ2n) is 10.6. The molecule has 0 aliphatic heterocycles. The molecule has 214 valence electrons. The van der Waals surface area contributed by atoms with Gasteiger partial charge in [0.15, 0.2) is 6.10 Å². The number of carbonyl (C=O) groups is 2. The van der Waals surface area contributed by atoms with E-state index in [0.717, 1.165) is 25.7 Å². The molecule has 36 heavy (non-hydrogen) atoms. The molecule has 0 bridgehead atoms. The van der Waals surface area contributed by atoms with Crippen LogP contribution < -0.4 is 0 Å². The van der Waals surface area contributed by atoms with Crippen LogP contribution in [0.2, 0.25) is 0 Å². The third-order valence-electron chi connectivity index (χ3n) is 5.69. The Morgan fingerprint density at radius 3 is 1.58 bits per heavy atom. The first kappa shape index (κ1) is 36.3. The summed E-state index contributed by atoms with van der Waals surface area (Å²) in [5.41, 5.74) is 0. The van der Waals surface area contributed by atoms with E-state index in [1.807, 2.05) is 21.1 Å². The molecule has 0 saturated carbocycles. The second-order valence-corrected chi connectivity index (χ2v) is 10.6. The molecule has 0 aliphatic carbocycles. The van der Waals surface area contributed by atoms with Gasteiger partial charge in [-0.1, -0.05) is 97.3 Å². The van der Waals surface area contributed by atoms with Gasteiger partial charge in [-0.3, -0.25) is 9.59 Å². The Bertz CT molecular complexity index is 547. The Labute approximate surface area is 219 Å². The molecule has 0 aromatic carbocycles. The van der Waals surface area contributed by atoms with Crippen LogP contribution in [0.4, 0.5) is 0 Å². The van der Waals surface area contributed by atoms with Gasteiger partial charge in [0.2, 0.25) is 0 Å². The molecule has 9 nitrogen and oxygen atoms in total. The number of hydrogen-bond acceptors (Lipinski definition) is 7. The lowest BCUT2D eigenvalue weighted by Crippen LogP contribution is -2.44. The van der Waals surface area contributed by atoms with Crippen LogP contribution in [0.15, 0.2) is 0 Å². The fourth-order valence-electron chi connectivity index (χ4n) is 3.89. The van der Waals surface area contributed by atoms with Gasteiger partial charge in [0.25, 0.3) is 0 Å². The maximum absolute atomic E-state index is 12.3. The van der Waals surface area contributed by atoms with Crippen LogP contribution in [0.1, 0.15) is 123 Å². The van der Waals surface area contributed by atoms with E-state index in [4.69, 9.17) is 24.8 Å². The van der Waals surface area contributed by atoms with Crippen molar-refractivity contribution in [3.63, 3.8) is 0 Å². The van der Waals surface area contributed by atoms with Gasteiger partial charge in [0.1, 0.15) is 6.54 Å². The Balaban J connectivity index is 0. The molecule has 0 aromatic heterocycles. The summed E-state index contributed by atoms with van der Waals surface area (Å²) in [5, 5.41) is 14.8. The maximum Gasteiger partial charge on any atom is 0.309 e. The molecule has 0 N–H and O–H groups in total. The van der Waals surface area contributed by atoms with Gasteiger partial charge in [-0.15, -0.1) is 0 Å². The van der Waals surface area contributed by atoms with Gasteiger partial charge in [0, 0.05) is 6.42 Å². The molecule has 0 saturated heterocycles. The van der Waals surface area contributed by atoms with Crippen molar-refractivity contribution in [3.8, 4) is 0 Å². The number of likely N-dealkylation sites (N-methyl/N-ethyl adjacent to an activating group) is 1. The van der Waals surface area contributed by atoms with Crippen molar-refractivity contribution in [2.45, 2.75) is 129 Å². The summed E-state index contributed by atoms with van der Waals surface area (Å²) in [7, 11) is 6.13. The van der Waals surface area contributed by atoms with Crippen LogP contribution in [0.3, 0.4) is 0 Å². The van der Waals surface area contributed by atoms with Crippen molar-refractivity contribution in [2.75, 3.05) is 34.3 Å². The van der Waals surface area contributed by atoms with Crippen molar-refractivity contribution in [1.29, 1.82) is 0 Å². The number of carbonyl (C=O) groups excluding carboxylic acids is 2. The van der Waals surface area contributed by atoms with Gasteiger partial charge in [-0.05, 0) is 12.8 Å². The van der Waals surface area contributed by atoms with Gasteiger partial charge < -0.3 is 29.3 Å². The smallest absolute Gasteiger partial charge is 0.309 e. The number of rotatable bonds is 22. The van der Waals surface area contributed by atoms with E-state index in [1.165, 1.54) is 70.6 Å². The summed E-state index contributed by atoms with van der Waals surface area (Å²) >= 11 is 0. The Kier molecular flexibility index (Phi) is 25.0. The fraction of sp³-hybridized carbons (Fsp3) is 0.926. The molecule has 0 heterocycles. The van der Waals surface area contributed by atoms with Crippen LogP contribution in [0.25, 0.3) is 0 Å². The highest BCUT2D eigenvalue weighted by molar-refractivity contribution is 5.72. The van der Waals surface area contributed by atoms with Gasteiger partial charge in [-0.2, -0.15) is 0 Å². The minimum Gasteiger partial charge on any atom is -0.466 e. The third kappa shape index (κ3) is 32.1. The SMILES string of the molecule is CCCCCCCCCCCCC(=O)O[C@H](CC(=O)OCCCCCCC)C[N+](C)(C)C.O=[N+]([O-])[O-]. The summed E-state index contributed by atoms with van der Waals surface area (Å²) in [6, 6.07) is 0. The zero-order chi connectivity index (χ0) is 27.7. The maximum atomic E-state index is 12.3. The average molecular weight is 519 g/mol. The highest BCUT2D eigenvalue weighted by atomic mass is 16.9. The zero-order valence-corrected chi connectivity index (χ0v) is 23.8. The molecule has 0 fully saturated rings. The predicted octanol–water partition coefficient (Wildman–Crippen LogP) is 6.58. The normalized spacial score (nSPS) is 11.8. The number of esters is 2. The van der Waals surface area contributed by atoms with E-state index in [2.05, 4.69) is 13.8 Å². The summed E-state index contributed by atoms with van der Waals surface area (Å²) in [5.74, 6) is -0.443. The van der Waals surface area contributed by atoms with E-state index in [0.29, 0.717) is 24.1 Å². The van der Waals surface area contributed by atoms with Gasteiger partial charge in [0.05, 0.1) is 39.3 Å². The number of ether oxygens (including phenoxy) is 2. The van der Waals surface area contributed by atoms with Crippen molar-refractivity contribution >= 4 is 11.9 Å². The minimum atomic E-state index is -1.75. The molecule has 9 heteroatoms. The van der Waals surface area contributed by atoms with Crippen molar-refractivity contribution < 1.29 is 28.6 Å². The van der Waals surface area contributed by atoms with Crippen molar-refractivity contribution in [3.05, 3.63) is 15.3 Å². The van der Waals surface area contributed by atoms with Gasteiger partial charge in [-0.25, -0.2) is 0 Å². The number of quaternary nitrogens is 1. The van der Waals surface area contributed by atoms with Gasteiger partial charge >= 0.3 is 11.9 Å². The first-order valence-corrected chi connectivity index (χ1v) is 14.0. The average Bonchev–Trinajstić information content (AvgIpc) is 2.76. The summed E-state index contributed by atoms with van der Waals surface area (Å²) in [4.78, 5) is 32.8. The lowest BCUT2D eigenvalue weighted by Gasteiger charge is -2.28. The topological polar surface area (TPSA) is 119 Å². The van der Waals surface area contributed by atoms with Crippen LogP contribution in [0.5, 0.6) is 0 Å². The molecular formula is C27H54N2O7. The van der Waals surface area contributed by atoms with Crippen LogP contribution in [-0.4, -0.2) is 61.9 Å². The van der Waals surface area contributed by atoms with Crippen LogP contribution in [0, 0.1) is 15.3 Å². The van der Waals surface area contributed by atoms with E-state index in [1.54, 1.807) is 0 Å². The largest absolute Gasteiger partial charge is 0.466 e. The van der Waals surface area contributed by atoms with E-state index < -0.39 is 11.2 Å². The molecular weight excluding hydrogens is 464 g/mol. The van der Waals surface area contributed by atoms with Crippen LogP contribution >= 0.6 is 0 Å². The summed E-state index contributed by atoms with van der Waals surface area (Å²) in [6.45, 7) is 5.50. The van der Waals surface area contributed by atoms with E-state index in [-0.39, 0.29) is 18.4 Å². The lowest BCUT2D eigenvalue weighted by atomic mass is 10.1. The summed E-state index contributed by atoms with van der Waals surface area (Å²) < 4.78 is 11.7. The first-order valence-electron chi connectivity index (χ1n) is 14.0. The Hall–Kier alpha value is -1.90. The standard InChI is InChI=1S/C27H54NO4.NO3/c1-6-8-10-12-13-14-15-16-17-19-21-26(29)32-25(24-28(3,4)5)23-27(30)31-22-20-18-11-9-7-2;2-1(3)4/h25H,6-24H2,1-5H3;/q+1;-1/t25-;/m1./s1. The third-order valence-corrected chi connectivity index (χ3v) is 5.69. The second kappa shape index (κ2) is 24.8. The molecule has 0 spiro atoms. The molecule has 0 amide bonds. The van der Waals surface area contributed by atoms with E-state index >= 15 is 0 Å². The molecule has 0 aliphatic rings. The minimum absolute atomic E-state index is 0.147. The highest BCUT2D eigenvalue weighted by Crippen LogP contribution is 2.13. The highest BCUT2D eigenvalue weighted by Gasteiger charge is 2.25. The molecule has 0 aromatic rings. The molecule has 1 atom stereocenters. The Morgan fingerprint density at radius 1 is 0.722 bits per heavy atom. The molecule has 0 radical (unpaired) electrons. The monoisotopic (exact) mass is 518 g/mol. The van der Waals surface area contributed by atoms with Crippen molar-refractivity contribution in [2.24, 2.45) is 0 Å². The first-order chi connectivity index (χ1) is 17.0. The number of nitrogens with zero attached hydrogens (tertiary/aromatic N) is 2. The lowest BCUT2D eigenvalue weighted by molar-refractivity contribution is -0.873. The quantitative estimate of drug-likeness (QED) is 0.0522. The van der Waals surface area contributed by atoms with E-state index in [9.17, 15) is 9.59 Å². The predicted molar refractivity (Wildman–Crippen MR) is 144 cm³/mol. The van der Waals surface area contributed by atoms with Crippen molar-refractivity contribution in [1.82, 2.24) is 0 Å². The zero-order valence-electron chi connectivity index (χ0n) is 23.8. The Morgan fingerprint density at radius 2 is 1.14 bits per heavy atom. The fourth-order valence-corrected chi connectivity index (χ4v) is 3.89. The number of unbranched alkanes of at least 4 members (excludes halogenated alkanes) is 13. The van der Waals surface area contributed by atoms with Crippen LogP contribution in [-0.2, 0) is 19.1 Å². The summed E-state index contributed by atoms with van der Waals surface area (Å²) in [6.07, 6.45) is 18.2.